The predicted molar refractivity (Wildman–Crippen MR) is 110 cm³/mol. The number of benzene rings is 2. The van der Waals surface area contributed by atoms with Crippen LogP contribution >= 0.6 is 11.8 Å². The van der Waals surface area contributed by atoms with Gasteiger partial charge in [-0.3, -0.25) is 4.79 Å². The number of aryl methyl sites for hydroxylation is 1. The van der Waals surface area contributed by atoms with Gasteiger partial charge in [-0.25, -0.2) is 0 Å². The highest BCUT2D eigenvalue weighted by Crippen LogP contribution is 2.19. The van der Waals surface area contributed by atoms with Crippen LogP contribution in [0.2, 0.25) is 0 Å². The van der Waals surface area contributed by atoms with E-state index in [1.807, 2.05) is 60.0 Å². The molecule has 1 aromatic heterocycles. The van der Waals surface area contributed by atoms with Crippen molar-refractivity contribution < 1.29 is 4.79 Å². The Morgan fingerprint density at radius 1 is 1.15 bits per heavy atom. The van der Waals surface area contributed by atoms with Crippen molar-refractivity contribution in [2.45, 2.75) is 25.0 Å². The van der Waals surface area contributed by atoms with E-state index in [0.29, 0.717) is 13.0 Å². The average Bonchev–Trinajstić information content (AvgIpc) is 3.05. The molecule has 0 aliphatic heterocycles. The fourth-order valence-corrected chi connectivity index (χ4v) is 3.38. The maximum Gasteiger partial charge on any atom is 0.234 e. The molecule has 0 saturated carbocycles. The molecule has 0 spiro atoms. The maximum absolute atomic E-state index is 12.2. The van der Waals surface area contributed by atoms with E-state index >= 15 is 0 Å². The molecule has 6 heteroatoms. The van der Waals surface area contributed by atoms with E-state index in [0.717, 1.165) is 22.2 Å². The van der Waals surface area contributed by atoms with E-state index < -0.39 is 0 Å². The Hall–Kier alpha value is -2.86. The largest absolute Gasteiger partial charge is 0.325 e. The highest BCUT2D eigenvalue weighted by Gasteiger charge is 2.14. The van der Waals surface area contributed by atoms with Crippen LogP contribution in [0.4, 0.5) is 5.69 Å². The van der Waals surface area contributed by atoms with Gasteiger partial charge < -0.3 is 9.88 Å². The third-order valence-corrected chi connectivity index (χ3v) is 4.94. The fraction of sp³-hybridized carbons (Fsp3) is 0.190. The van der Waals surface area contributed by atoms with E-state index in [1.165, 1.54) is 17.3 Å². The first-order valence-corrected chi connectivity index (χ1v) is 9.70. The summed E-state index contributed by atoms with van der Waals surface area (Å²) in [6, 6.07) is 17.9. The zero-order valence-electron chi connectivity index (χ0n) is 15.3. The monoisotopic (exact) mass is 378 g/mol. The average molecular weight is 379 g/mol. The van der Waals surface area contributed by atoms with Gasteiger partial charge in [0.15, 0.2) is 5.16 Å². The van der Waals surface area contributed by atoms with Gasteiger partial charge in [-0.1, -0.05) is 65.9 Å². The molecule has 5 nitrogen and oxygen atoms in total. The summed E-state index contributed by atoms with van der Waals surface area (Å²) in [5.41, 5.74) is 3.12. The molecule has 0 unspecified atom stereocenters. The number of thioether (sulfide) groups is 1. The molecule has 1 amide bonds. The van der Waals surface area contributed by atoms with Gasteiger partial charge in [-0.05, 0) is 24.6 Å². The molecule has 2 aromatic carbocycles. The molecule has 0 fully saturated rings. The van der Waals surface area contributed by atoms with Crippen LogP contribution in [0.25, 0.3) is 0 Å². The van der Waals surface area contributed by atoms with Crippen molar-refractivity contribution in [3.05, 3.63) is 84.2 Å². The molecule has 0 saturated heterocycles. The third-order valence-electron chi connectivity index (χ3n) is 3.98. The molecular formula is C21H22N4OS. The van der Waals surface area contributed by atoms with Crippen LogP contribution in [-0.2, 0) is 17.8 Å². The van der Waals surface area contributed by atoms with Crippen molar-refractivity contribution in [3.8, 4) is 0 Å². The Labute approximate surface area is 163 Å². The molecule has 0 bridgehead atoms. The molecule has 0 aliphatic carbocycles. The number of carbonyl (C=O) groups excluding carboxylic acids is 1. The van der Waals surface area contributed by atoms with E-state index in [4.69, 9.17) is 0 Å². The minimum Gasteiger partial charge on any atom is -0.325 e. The minimum atomic E-state index is -0.0679. The highest BCUT2D eigenvalue weighted by atomic mass is 32.2. The first-order chi connectivity index (χ1) is 13.2. The molecule has 0 atom stereocenters. The van der Waals surface area contributed by atoms with Gasteiger partial charge in [0, 0.05) is 18.7 Å². The number of carbonyl (C=O) groups is 1. The summed E-state index contributed by atoms with van der Waals surface area (Å²) >= 11 is 1.38. The first kappa shape index (κ1) is 18.9. The second-order valence-corrected chi connectivity index (χ2v) is 7.11. The lowest BCUT2D eigenvalue weighted by Gasteiger charge is -2.08. The molecule has 0 aliphatic rings. The molecule has 3 aromatic rings. The smallest absolute Gasteiger partial charge is 0.234 e. The second-order valence-electron chi connectivity index (χ2n) is 6.16. The van der Waals surface area contributed by atoms with Gasteiger partial charge in [0.25, 0.3) is 0 Å². The summed E-state index contributed by atoms with van der Waals surface area (Å²) in [7, 11) is 0. The number of anilines is 1. The van der Waals surface area contributed by atoms with Gasteiger partial charge in [0.05, 0.1) is 5.75 Å². The molecule has 1 heterocycles. The van der Waals surface area contributed by atoms with Crippen molar-refractivity contribution in [2.75, 3.05) is 11.1 Å². The van der Waals surface area contributed by atoms with Gasteiger partial charge in [-0.2, -0.15) is 0 Å². The SMILES string of the molecule is C=CCn1c(Cc2ccccc2)nnc1SCC(=O)Nc1ccc(C)cc1. The number of nitrogens with zero attached hydrogens (tertiary/aromatic N) is 3. The number of hydrogen-bond acceptors (Lipinski definition) is 4. The zero-order chi connectivity index (χ0) is 19.1. The van der Waals surface area contributed by atoms with E-state index in [1.54, 1.807) is 0 Å². The number of hydrogen-bond donors (Lipinski definition) is 1. The number of aromatic nitrogens is 3. The van der Waals surface area contributed by atoms with Gasteiger partial charge in [0.1, 0.15) is 5.82 Å². The van der Waals surface area contributed by atoms with Crippen molar-refractivity contribution in [3.63, 3.8) is 0 Å². The van der Waals surface area contributed by atoms with Crippen LogP contribution in [0.5, 0.6) is 0 Å². The minimum absolute atomic E-state index is 0.0679. The summed E-state index contributed by atoms with van der Waals surface area (Å²) in [6.07, 6.45) is 2.51. The van der Waals surface area contributed by atoms with Crippen molar-refractivity contribution in [1.82, 2.24) is 14.8 Å². The normalized spacial score (nSPS) is 10.6. The molecule has 138 valence electrons. The summed E-state index contributed by atoms with van der Waals surface area (Å²) < 4.78 is 2.00. The molecule has 1 N–H and O–H groups in total. The Balaban J connectivity index is 1.64. The fourth-order valence-electron chi connectivity index (χ4n) is 2.61. The Bertz CT molecular complexity index is 904. The third kappa shape index (κ3) is 5.31. The lowest BCUT2D eigenvalue weighted by Crippen LogP contribution is -2.14. The van der Waals surface area contributed by atoms with Gasteiger partial charge in [0.2, 0.25) is 5.91 Å². The van der Waals surface area contributed by atoms with Crippen molar-refractivity contribution in [1.29, 1.82) is 0 Å². The molecule has 0 radical (unpaired) electrons. The van der Waals surface area contributed by atoms with Gasteiger partial charge >= 0.3 is 0 Å². The zero-order valence-corrected chi connectivity index (χ0v) is 16.1. The van der Waals surface area contributed by atoms with Crippen LogP contribution in [-0.4, -0.2) is 26.4 Å². The Morgan fingerprint density at radius 3 is 2.59 bits per heavy atom. The molecule has 27 heavy (non-hydrogen) atoms. The van der Waals surface area contributed by atoms with Crippen LogP contribution < -0.4 is 5.32 Å². The summed E-state index contributed by atoms with van der Waals surface area (Å²) in [5.74, 6) is 1.07. The highest BCUT2D eigenvalue weighted by molar-refractivity contribution is 7.99. The molecule has 3 rings (SSSR count). The first-order valence-electron chi connectivity index (χ1n) is 8.72. The van der Waals surface area contributed by atoms with Crippen LogP contribution in [0.1, 0.15) is 17.0 Å². The van der Waals surface area contributed by atoms with Crippen LogP contribution in [0, 0.1) is 6.92 Å². The lowest BCUT2D eigenvalue weighted by atomic mass is 10.1. The standard InChI is InChI=1S/C21H22N4OS/c1-3-13-25-19(14-17-7-5-4-6-8-17)23-24-21(25)27-15-20(26)22-18-11-9-16(2)10-12-18/h3-12H,1,13-15H2,2H3,(H,22,26). The predicted octanol–water partition coefficient (Wildman–Crippen LogP) is 4.09. The van der Waals surface area contributed by atoms with Crippen molar-refractivity contribution >= 4 is 23.4 Å². The van der Waals surface area contributed by atoms with E-state index in [9.17, 15) is 4.79 Å². The second kappa shape index (κ2) is 9.19. The summed E-state index contributed by atoms with van der Waals surface area (Å²) in [5, 5.41) is 12.2. The van der Waals surface area contributed by atoms with Crippen LogP contribution in [0.15, 0.2) is 72.4 Å². The Kier molecular flexibility index (Phi) is 6.44. The summed E-state index contributed by atoms with van der Waals surface area (Å²) in [4.78, 5) is 12.2. The van der Waals surface area contributed by atoms with E-state index in [2.05, 4.69) is 34.2 Å². The quantitative estimate of drug-likeness (QED) is 0.474. The number of nitrogens with one attached hydrogen (secondary N) is 1. The Morgan fingerprint density at radius 2 is 1.89 bits per heavy atom. The van der Waals surface area contributed by atoms with E-state index in [-0.39, 0.29) is 11.7 Å². The number of rotatable bonds is 8. The van der Waals surface area contributed by atoms with Crippen molar-refractivity contribution in [2.24, 2.45) is 0 Å². The number of amides is 1. The number of allylic oxidation sites excluding steroid dienone is 1. The summed E-state index contributed by atoms with van der Waals surface area (Å²) in [6.45, 7) is 6.44. The van der Waals surface area contributed by atoms with Crippen LogP contribution in [0.3, 0.4) is 0 Å². The maximum atomic E-state index is 12.2. The molecular weight excluding hydrogens is 356 g/mol. The lowest BCUT2D eigenvalue weighted by molar-refractivity contribution is -0.113. The topological polar surface area (TPSA) is 59.8 Å². The van der Waals surface area contributed by atoms with Gasteiger partial charge in [-0.15, -0.1) is 16.8 Å².